The summed E-state index contributed by atoms with van der Waals surface area (Å²) in [5.74, 6) is 0.302. The molecule has 0 unspecified atom stereocenters. The molecule has 1 heterocycles. The number of hydrogen-bond acceptors (Lipinski definition) is 2. The molecule has 1 amide bonds. The Bertz CT molecular complexity index is 860. The molecule has 116 valence electrons. The van der Waals surface area contributed by atoms with Crippen molar-refractivity contribution in [3.05, 3.63) is 71.5 Å². The van der Waals surface area contributed by atoms with Crippen molar-refractivity contribution in [1.29, 1.82) is 0 Å². The zero-order valence-electron chi connectivity index (χ0n) is 13.1. The van der Waals surface area contributed by atoms with Crippen LogP contribution >= 0.6 is 0 Å². The number of fused-ring (bicyclic) bond motifs is 1. The van der Waals surface area contributed by atoms with Crippen molar-refractivity contribution in [2.24, 2.45) is 0 Å². The molecule has 1 fully saturated rings. The Morgan fingerprint density at radius 1 is 1.09 bits per heavy atom. The highest BCUT2D eigenvalue weighted by Crippen LogP contribution is 2.47. The summed E-state index contributed by atoms with van der Waals surface area (Å²) in [6.07, 6.45) is 2.24. The Morgan fingerprint density at radius 3 is 2.48 bits per heavy atom. The maximum atomic E-state index is 12.5. The molecule has 3 aromatic rings. The zero-order valence-corrected chi connectivity index (χ0v) is 13.1. The van der Waals surface area contributed by atoms with Crippen LogP contribution < -0.4 is 5.32 Å². The minimum atomic E-state index is -0.124. The average molecular weight is 305 g/mol. The molecule has 0 spiro atoms. The van der Waals surface area contributed by atoms with Gasteiger partial charge in [-0.15, -0.1) is 0 Å². The fourth-order valence-electron chi connectivity index (χ4n) is 3.23. The summed E-state index contributed by atoms with van der Waals surface area (Å²) >= 11 is 0. The first kappa shape index (κ1) is 14.1. The van der Waals surface area contributed by atoms with Gasteiger partial charge in [-0.1, -0.05) is 48.5 Å². The van der Waals surface area contributed by atoms with Crippen molar-refractivity contribution in [3.63, 3.8) is 0 Å². The second-order valence-corrected chi connectivity index (χ2v) is 6.38. The number of para-hydroxylation sites is 1. The third-order valence-corrected chi connectivity index (χ3v) is 4.88. The maximum Gasteiger partial charge on any atom is 0.287 e. The second-order valence-electron chi connectivity index (χ2n) is 6.38. The predicted molar refractivity (Wildman–Crippen MR) is 90.6 cm³/mol. The predicted octanol–water partition coefficient (Wildman–Crippen LogP) is 4.20. The van der Waals surface area contributed by atoms with Crippen LogP contribution in [0.4, 0.5) is 0 Å². The molecule has 3 nitrogen and oxygen atoms in total. The summed E-state index contributed by atoms with van der Waals surface area (Å²) in [5.41, 5.74) is 3.08. The number of carbonyl (C=O) groups is 1. The largest absolute Gasteiger partial charge is 0.451 e. The highest BCUT2D eigenvalue weighted by molar-refractivity contribution is 5.98. The van der Waals surface area contributed by atoms with Crippen molar-refractivity contribution < 1.29 is 9.21 Å². The molecule has 0 saturated heterocycles. The van der Waals surface area contributed by atoms with Gasteiger partial charge in [-0.3, -0.25) is 4.79 Å². The molecule has 0 aliphatic heterocycles. The first-order chi connectivity index (χ1) is 11.2. The number of aryl methyl sites for hydroxylation is 1. The molecule has 1 N–H and O–H groups in total. The van der Waals surface area contributed by atoms with E-state index in [1.165, 1.54) is 5.56 Å². The number of hydrogen-bond donors (Lipinski definition) is 1. The van der Waals surface area contributed by atoms with Crippen molar-refractivity contribution in [2.45, 2.75) is 25.2 Å². The van der Waals surface area contributed by atoms with Gasteiger partial charge in [0.15, 0.2) is 5.76 Å². The van der Waals surface area contributed by atoms with E-state index in [1.54, 1.807) is 0 Å². The molecule has 4 rings (SSSR count). The third-order valence-electron chi connectivity index (χ3n) is 4.88. The van der Waals surface area contributed by atoms with Gasteiger partial charge in [0, 0.05) is 22.9 Å². The Hall–Kier alpha value is -2.55. The highest BCUT2D eigenvalue weighted by atomic mass is 16.3. The standard InChI is InChI=1S/C20H19NO2/c1-14-16-9-5-6-10-17(16)23-18(14)19(22)21-13-20(11-12-20)15-7-3-2-4-8-15/h2-10H,11-13H2,1H3,(H,21,22). The molecule has 1 saturated carbocycles. The third kappa shape index (κ3) is 2.42. The van der Waals surface area contributed by atoms with Gasteiger partial charge in [-0.05, 0) is 31.4 Å². The fourth-order valence-corrected chi connectivity index (χ4v) is 3.23. The van der Waals surface area contributed by atoms with Gasteiger partial charge < -0.3 is 9.73 Å². The SMILES string of the molecule is Cc1c(C(=O)NCC2(c3ccccc3)CC2)oc2ccccc12. The molecular weight excluding hydrogens is 286 g/mol. The van der Waals surface area contributed by atoms with Crippen LogP contribution in [0.1, 0.15) is 34.5 Å². The first-order valence-electron chi connectivity index (χ1n) is 8.01. The maximum absolute atomic E-state index is 12.5. The van der Waals surface area contributed by atoms with E-state index in [0.29, 0.717) is 12.3 Å². The number of benzene rings is 2. The molecule has 0 radical (unpaired) electrons. The number of carbonyl (C=O) groups excluding carboxylic acids is 1. The van der Waals surface area contributed by atoms with Crippen molar-refractivity contribution in [3.8, 4) is 0 Å². The van der Waals surface area contributed by atoms with Crippen molar-refractivity contribution >= 4 is 16.9 Å². The average Bonchev–Trinajstić information content (AvgIpc) is 3.32. The van der Waals surface area contributed by atoms with Gasteiger partial charge in [0.25, 0.3) is 5.91 Å². The Morgan fingerprint density at radius 2 is 1.78 bits per heavy atom. The molecule has 1 aromatic heterocycles. The second kappa shape index (κ2) is 5.27. The van der Waals surface area contributed by atoms with Crippen LogP contribution in [0.15, 0.2) is 59.0 Å². The molecule has 0 atom stereocenters. The minimum absolute atomic E-state index is 0.108. The number of furan rings is 1. The molecule has 3 heteroatoms. The number of nitrogens with one attached hydrogen (secondary N) is 1. The summed E-state index contributed by atoms with van der Waals surface area (Å²) < 4.78 is 5.74. The molecule has 1 aliphatic rings. The Kier molecular flexibility index (Phi) is 3.22. The van der Waals surface area contributed by atoms with Crippen molar-refractivity contribution in [2.75, 3.05) is 6.54 Å². The quantitative estimate of drug-likeness (QED) is 0.785. The van der Waals surface area contributed by atoms with Crippen molar-refractivity contribution in [1.82, 2.24) is 5.32 Å². The van der Waals surface area contributed by atoms with Crippen LogP contribution in [0.5, 0.6) is 0 Å². The van der Waals surface area contributed by atoms with Crippen LogP contribution in [-0.2, 0) is 5.41 Å². The van der Waals surface area contributed by atoms with Gasteiger partial charge in [-0.2, -0.15) is 0 Å². The van der Waals surface area contributed by atoms with Gasteiger partial charge in [0.2, 0.25) is 0 Å². The van der Waals surface area contributed by atoms with Gasteiger partial charge in [0.05, 0.1) is 0 Å². The van der Waals surface area contributed by atoms with Gasteiger partial charge in [-0.25, -0.2) is 0 Å². The van der Waals surface area contributed by atoms with Crippen LogP contribution in [0, 0.1) is 6.92 Å². The molecule has 2 aromatic carbocycles. The van der Waals surface area contributed by atoms with Crippen LogP contribution in [-0.4, -0.2) is 12.5 Å². The van der Waals surface area contributed by atoms with E-state index >= 15 is 0 Å². The molecule has 23 heavy (non-hydrogen) atoms. The van der Waals surface area contributed by atoms with Crippen LogP contribution in [0.2, 0.25) is 0 Å². The summed E-state index contributed by atoms with van der Waals surface area (Å²) in [5, 5.41) is 4.07. The Labute approximate surface area is 135 Å². The molecule has 0 bridgehead atoms. The summed E-state index contributed by atoms with van der Waals surface area (Å²) in [6, 6.07) is 18.2. The van der Waals surface area contributed by atoms with E-state index in [-0.39, 0.29) is 11.3 Å². The normalized spacial score (nSPS) is 15.5. The lowest BCUT2D eigenvalue weighted by molar-refractivity contribution is 0.0923. The van der Waals surface area contributed by atoms with Gasteiger partial charge >= 0.3 is 0 Å². The monoisotopic (exact) mass is 305 g/mol. The van der Waals surface area contributed by atoms with E-state index in [4.69, 9.17) is 4.42 Å². The lowest BCUT2D eigenvalue weighted by atomic mass is 9.96. The number of amides is 1. The number of rotatable bonds is 4. The fraction of sp³-hybridized carbons (Fsp3) is 0.250. The highest BCUT2D eigenvalue weighted by Gasteiger charge is 2.44. The summed E-state index contributed by atoms with van der Waals surface area (Å²) in [6.45, 7) is 2.59. The van der Waals surface area contributed by atoms with E-state index in [0.717, 1.165) is 29.4 Å². The minimum Gasteiger partial charge on any atom is -0.451 e. The van der Waals surface area contributed by atoms with Gasteiger partial charge in [0.1, 0.15) is 5.58 Å². The molecular formula is C20H19NO2. The van der Waals surface area contributed by atoms with Crippen LogP contribution in [0.3, 0.4) is 0 Å². The van der Waals surface area contributed by atoms with E-state index < -0.39 is 0 Å². The Balaban J connectivity index is 1.53. The topological polar surface area (TPSA) is 42.2 Å². The lowest BCUT2D eigenvalue weighted by Gasteiger charge is -2.16. The zero-order chi connectivity index (χ0) is 15.9. The summed E-state index contributed by atoms with van der Waals surface area (Å²) in [4.78, 5) is 12.5. The van der Waals surface area contributed by atoms with E-state index in [2.05, 4.69) is 29.6 Å². The van der Waals surface area contributed by atoms with E-state index in [1.807, 2.05) is 37.3 Å². The van der Waals surface area contributed by atoms with Crippen LogP contribution in [0.25, 0.3) is 11.0 Å². The first-order valence-corrected chi connectivity index (χ1v) is 8.01. The van der Waals surface area contributed by atoms with E-state index in [9.17, 15) is 4.79 Å². The summed E-state index contributed by atoms with van der Waals surface area (Å²) in [7, 11) is 0. The molecule has 1 aliphatic carbocycles. The lowest BCUT2D eigenvalue weighted by Crippen LogP contribution is -2.32. The smallest absolute Gasteiger partial charge is 0.287 e.